The molecule has 0 unspecified atom stereocenters. The van der Waals surface area contributed by atoms with Crippen molar-refractivity contribution in [3.8, 4) is 39.9 Å². The lowest BCUT2D eigenvalue weighted by Gasteiger charge is -2.14. The molecule has 0 saturated carbocycles. The van der Waals surface area contributed by atoms with Crippen LogP contribution in [-0.2, 0) is 0 Å². The molecule has 0 aliphatic heterocycles. The van der Waals surface area contributed by atoms with Crippen molar-refractivity contribution in [2.45, 2.75) is 0 Å². The molecule has 5 aromatic heterocycles. The Hall–Kier alpha value is -7.71. The molecule has 5 nitrogen and oxygen atoms in total. The molecule has 0 N–H and O–H groups in total. The van der Waals surface area contributed by atoms with Crippen LogP contribution in [0.3, 0.4) is 0 Å². The van der Waals surface area contributed by atoms with Crippen molar-refractivity contribution in [2.24, 2.45) is 0 Å². The van der Waals surface area contributed by atoms with Crippen LogP contribution in [0.4, 0.5) is 0 Å². The molecule has 0 bridgehead atoms. The van der Waals surface area contributed by atoms with Crippen molar-refractivity contribution < 1.29 is 4.42 Å². The van der Waals surface area contributed by atoms with Gasteiger partial charge in [-0.15, -0.1) is 22.7 Å². The summed E-state index contributed by atoms with van der Waals surface area (Å²) in [7, 11) is 0. The molecule has 0 fully saturated rings. The Morgan fingerprint density at radius 2 is 0.935 bits per heavy atom. The van der Waals surface area contributed by atoms with Crippen molar-refractivity contribution >= 4 is 118 Å². The van der Waals surface area contributed by atoms with Gasteiger partial charge in [0.15, 0.2) is 17.5 Å². The van der Waals surface area contributed by atoms with Crippen molar-refractivity contribution in [1.29, 1.82) is 0 Å². The molecule has 0 saturated heterocycles. The lowest BCUT2D eigenvalue weighted by atomic mass is 10.0. The number of rotatable bonds is 4. The summed E-state index contributed by atoms with van der Waals surface area (Å²) in [5.41, 5.74) is 7.66. The molecular weight excluding hydrogens is 797 g/mol. The Kier molecular flexibility index (Phi) is 7.08. The topological polar surface area (TPSA) is 56.7 Å². The van der Waals surface area contributed by atoms with Crippen LogP contribution in [0.5, 0.6) is 0 Å². The van der Waals surface area contributed by atoms with Crippen LogP contribution < -0.4 is 0 Å². The number of fused-ring (bicyclic) bond motifs is 13. The molecule has 0 atom stereocenters. The summed E-state index contributed by atoms with van der Waals surface area (Å²) < 4.78 is 14.0. The Bertz CT molecular complexity index is 4060. The van der Waals surface area contributed by atoms with E-state index >= 15 is 0 Å². The summed E-state index contributed by atoms with van der Waals surface area (Å²) in [5.74, 6) is 1.85. The van der Waals surface area contributed by atoms with Crippen LogP contribution in [0.25, 0.3) is 135 Å². The number of benzene rings is 9. The van der Waals surface area contributed by atoms with Crippen molar-refractivity contribution in [1.82, 2.24) is 19.5 Å². The maximum Gasteiger partial charge on any atom is 0.165 e. The molecule has 288 valence electrons. The average Bonchev–Trinajstić information content (AvgIpc) is 4.09. The van der Waals surface area contributed by atoms with E-state index in [-0.39, 0.29) is 0 Å². The number of hydrogen-bond acceptors (Lipinski definition) is 6. The molecule has 0 radical (unpaired) electrons. The molecule has 9 aromatic carbocycles. The first-order valence-electron chi connectivity index (χ1n) is 20.7. The van der Waals surface area contributed by atoms with Gasteiger partial charge in [-0.3, -0.25) is 0 Å². The van der Waals surface area contributed by atoms with Gasteiger partial charge in [-0.05, 0) is 71.4 Å². The summed E-state index contributed by atoms with van der Waals surface area (Å²) >= 11 is 3.57. The van der Waals surface area contributed by atoms with E-state index < -0.39 is 0 Å². The van der Waals surface area contributed by atoms with Crippen LogP contribution >= 0.6 is 22.7 Å². The van der Waals surface area contributed by atoms with E-state index in [1.165, 1.54) is 52.5 Å². The highest BCUT2D eigenvalue weighted by Crippen LogP contribution is 2.45. The molecule has 0 aliphatic carbocycles. The minimum atomic E-state index is 0.580. The van der Waals surface area contributed by atoms with Gasteiger partial charge in [0, 0.05) is 73.2 Å². The maximum atomic E-state index is 6.78. The zero-order valence-corrected chi connectivity index (χ0v) is 34.5. The Balaban J connectivity index is 1.09. The molecule has 0 amide bonds. The Labute approximate surface area is 361 Å². The van der Waals surface area contributed by atoms with Crippen molar-refractivity contribution in [3.63, 3.8) is 0 Å². The minimum Gasteiger partial charge on any atom is -0.456 e. The van der Waals surface area contributed by atoms with Crippen molar-refractivity contribution in [2.75, 3.05) is 0 Å². The summed E-state index contributed by atoms with van der Waals surface area (Å²) in [6, 6.07) is 64.8. The van der Waals surface area contributed by atoms with E-state index in [9.17, 15) is 0 Å². The van der Waals surface area contributed by atoms with Gasteiger partial charge in [0.25, 0.3) is 0 Å². The van der Waals surface area contributed by atoms with Crippen LogP contribution in [0.15, 0.2) is 186 Å². The Morgan fingerprint density at radius 1 is 0.387 bits per heavy atom. The zero-order valence-electron chi connectivity index (χ0n) is 32.8. The molecule has 14 aromatic rings. The molecule has 0 spiro atoms. The summed E-state index contributed by atoms with van der Waals surface area (Å²) in [4.78, 5) is 16.2. The van der Waals surface area contributed by atoms with Crippen LogP contribution in [0.2, 0.25) is 0 Å². The molecule has 14 rings (SSSR count). The number of aromatic nitrogens is 4. The standard InChI is InChI=1S/C55H30N4OS2/c1-2-14-32-28-44-42(27-31(32)13-1)34-15-3-7-23-43(34)59(44)45-29-33(30-47-50(45)39-18-4-8-24-46(39)60-47)53-56-54(40-21-11-19-37-35-16-5-9-25-48(35)61-51(37)40)58-55(57-53)41-22-12-20-38-36-17-6-10-26-49(36)62-52(38)41/h1-30H. The smallest absolute Gasteiger partial charge is 0.165 e. The van der Waals surface area contributed by atoms with Gasteiger partial charge in [-0.1, -0.05) is 121 Å². The predicted octanol–water partition coefficient (Wildman–Crippen LogP) is 15.8. The van der Waals surface area contributed by atoms with Gasteiger partial charge in [0.2, 0.25) is 0 Å². The third-order valence-electron chi connectivity index (χ3n) is 12.4. The van der Waals surface area contributed by atoms with Gasteiger partial charge in [-0.25, -0.2) is 15.0 Å². The van der Waals surface area contributed by atoms with Gasteiger partial charge in [-0.2, -0.15) is 0 Å². The van der Waals surface area contributed by atoms with Gasteiger partial charge in [0.05, 0.1) is 22.1 Å². The molecule has 62 heavy (non-hydrogen) atoms. The van der Waals surface area contributed by atoms with Crippen LogP contribution in [0.1, 0.15) is 0 Å². The summed E-state index contributed by atoms with van der Waals surface area (Å²) in [5, 5.41) is 11.7. The molecular formula is C55H30N4OS2. The number of hydrogen-bond donors (Lipinski definition) is 0. The second-order valence-corrected chi connectivity index (χ2v) is 18.0. The summed E-state index contributed by atoms with van der Waals surface area (Å²) in [6.07, 6.45) is 0. The fourth-order valence-corrected chi connectivity index (χ4v) is 12.1. The number of furan rings is 1. The Morgan fingerprint density at radius 3 is 1.63 bits per heavy atom. The lowest BCUT2D eigenvalue weighted by Crippen LogP contribution is -2.02. The maximum absolute atomic E-state index is 6.78. The SMILES string of the molecule is c1ccc2cc3c(cc2c1)c1ccccc1n3-c1cc(-c2nc(-c3cccc4c3sc3ccccc34)nc(-c3cccc4c3sc3ccccc34)n2)cc2oc3ccccc3c12. The largest absolute Gasteiger partial charge is 0.456 e. The second-order valence-electron chi connectivity index (χ2n) is 15.9. The second kappa shape index (κ2) is 12.9. The van der Waals surface area contributed by atoms with Gasteiger partial charge >= 0.3 is 0 Å². The normalized spacial score (nSPS) is 12.2. The quantitative estimate of drug-likeness (QED) is 0.177. The first kappa shape index (κ1) is 34.0. The highest BCUT2D eigenvalue weighted by molar-refractivity contribution is 7.26. The number of thiophene rings is 2. The van der Waals surface area contributed by atoms with Crippen LogP contribution in [0, 0.1) is 0 Å². The van der Waals surface area contributed by atoms with E-state index in [0.29, 0.717) is 17.5 Å². The fraction of sp³-hybridized carbons (Fsp3) is 0. The molecule has 7 heteroatoms. The molecule has 0 aliphatic rings. The monoisotopic (exact) mass is 826 g/mol. The zero-order chi connectivity index (χ0) is 40.5. The van der Waals surface area contributed by atoms with E-state index in [1.807, 2.05) is 6.07 Å². The van der Waals surface area contributed by atoms with Crippen LogP contribution in [-0.4, -0.2) is 19.5 Å². The van der Waals surface area contributed by atoms with E-state index in [0.717, 1.165) is 64.7 Å². The minimum absolute atomic E-state index is 0.580. The van der Waals surface area contributed by atoms with Crippen molar-refractivity contribution in [3.05, 3.63) is 182 Å². The first-order chi connectivity index (χ1) is 30.7. The van der Waals surface area contributed by atoms with E-state index in [1.54, 1.807) is 22.7 Å². The third-order valence-corrected chi connectivity index (χ3v) is 14.9. The van der Waals surface area contributed by atoms with E-state index in [4.69, 9.17) is 19.4 Å². The number of para-hydroxylation sites is 2. The fourth-order valence-electron chi connectivity index (χ4n) is 9.65. The number of nitrogens with zero attached hydrogens (tertiary/aromatic N) is 4. The predicted molar refractivity (Wildman–Crippen MR) is 261 cm³/mol. The summed E-state index contributed by atoms with van der Waals surface area (Å²) in [6.45, 7) is 0. The third kappa shape index (κ3) is 4.92. The highest BCUT2D eigenvalue weighted by Gasteiger charge is 2.23. The highest BCUT2D eigenvalue weighted by atomic mass is 32.1. The molecule has 5 heterocycles. The average molecular weight is 827 g/mol. The lowest BCUT2D eigenvalue weighted by molar-refractivity contribution is 0.669. The van der Waals surface area contributed by atoms with Gasteiger partial charge in [0.1, 0.15) is 11.2 Å². The van der Waals surface area contributed by atoms with E-state index in [2.05, 4.69) is 180 Å². The first-order valence-corrected chi connectivity index (χ1v) is 22.3. The van der Waals surface area contributed by atoms with Gasteiger partial charge < -0.3 is 8.98 Å².